The maximum Gasteiger partial charge on any atom is 0.220 e. The summed E-state index contributed by atoms with van der Waals surface area (Å²) in [5.74, 6) is 0.0646. The van der Waals surface area contributed by atoms with Crippen LogP contribution in [0.5, 0.6) is 0 Å². The minimum absolute atomic E-state index is 0.0634. The number of amides is 1. The van der Waals surface area contributed by atoms with Crippen molar-refractivity contribution < 1.29 is 18.3 Å². The molecule has 1 saturated heterocycles. The van der Waals surface area contributed by atoms with Crippen LogP contribution in [0, 0.1) is 5.92 Å². The third-order valence-electron chi connectivity index (χ3n) is 3.23. The van der Waals surface area contributed by atoms with Gasteiger partial charge in [0.15, 0.2) is 9.84 Å². The van der Waals surface area contributed by atoms with Crippen LogP contribution in [0.3, 0.4) is 0 Å². The first kappa shape index (κ1) is 14.4. The summed E-state index contributed by atoms with van der Waals surface area (Å²) in [6, 6.07) is 0. The number of carbonyl (C=O) groups excluding carboxylic acids is 1. The molecule has 0 spiro atoms. The predicted molar refractivity (Wildman–Crippen MR) is 65.3 cm³/mol. The number of rotatable bonds is 5. The molecular formula is C11H21NO4S. The van der Waals surface area contributed by atoms with Crippen LogP contribution in [0.4, 0.5) is 0 Å². The van der Waals surface area contributed by atoms with E-state index in [1.165, 1.54) is 0 Å². The first-order valence-corrected chi connectivity index (χ1v) is 7.76. The zero-order valence-electron chi connectivity index (χ0n) is 10.4. The summed E-state index contributed by atoms with van der Waals surface area (Å²) in [5, 5.41) is 12.3. The fourth-order valence-corrected chi connectivity index (χ4v) is 3.64. The Kier molecular flexibility index (Phi) is 4.55. The zero-order chi connectivity index (χ0) is 13.1. The summed E-state index contributed by atoms with van der Waals surface area (Å²) in [6.45, 7) is 3.71. The molecule has 0 aromatic rings. The van der Waals surface area contributed by atoms with Crippen molar-refractivity contribution in [2.75, 3.05) is 18.1 Å². The first-order chi connectivity index (χ1) is 7.74. The van der Waals surface area contributed by atoms with E-state index in [-0.39, 0.29) is 36.3 Å². The van der Waals surface area contributed by atoms with Gasteiger partial charge in [0.05, 0.1) is 17.1 Å². The molecule has 1 heterocycles. The second-order valence-corrected chi connectivity index (χ2v) is 7.33. The Balaban J connectivity index is 2.32. The van der Waals surface area contributed by atoms with Crippen LogP contribution in [0.25, 0.3) is 0 Å². The van der Waals surface area contributed by atoms with E-state index in [1.54, 1.807) is 6.92 Å². The van der Waals surface area contributed by atoms with E-state index in [2.05, 4.69) is 5.32 Å². The van der Waals surface area contributed by atoms with E-state index in [0.717, 1.165) is 0 Å². The summed E-state index contributed by atoms with van der Waals surface area (Å²) in [5.41, 5.74) is -0.891. The highest BCUT2D eigenvalue weighted by molar-refractivity contribution is 7.91. The van der Waals surface area contributed by atoms with Gasteiger partial charge in [-0.3, -0.25) is 4.79 Å². The van der Waals surface area contributed by atoms with Gasteiger partial charge in [-0.1, -0.05) is 6.92 Å². The molecule has 0 aromatic heterocycles. The van der Waals surface area contributed by atoms with E-state index in [1.807, 2.05) is 6.92 Å². The lowest BCUT2D eigenvalue weighted by Crippen LogP contribution is -2.40. The van der Waals surface area contributed by atoms with Crippen LogP contribution in [0.2, 0.25) is 0 Å². The minimum Gasteiger partial charge on any atom is -0.388 e. The van der Waals surface area contributed by atoms with E-state index in [9.17, 15) is 18.3 Å². The van der Waals surface area contributed by atoms with Crippen molar-refractivity contribution in [3.63, 3.8) is 0 Å². The fourth-order valence-electron chi connectivity index (χ4n) is 1.78. The monoisotopic (exact) mass is 263 g/mol. The summed E-state index contributed by atoms with van der Waals surface area (Å²) in [7, 11) is -2.92. The topological polar surface area (TPSA) is 83.5 Å². The van der Waals surface area contributed by atoms with Crippen molar-refractivity contribution in [3.05, 3.63) is 0 Å². The molecule has 0 aromatic carbocycles. The molecule has 1 amide bonds. The number of sulfone groups is 1. The molecule has 17 heavy (non-hydrogen) atoms. The summed E-state index contributed by atoms with van der Waals surface area (Å²) < 4.78 is 22.4. The van der Waals surface area contributed by atoms with Gasteiger partial charge in [-0.25, -0.2) is 8.42 Å². The first-order valence-electron chi connectivity index (χ1n) is 5.93. The normalized spacial score (nSPS) is 26.4. The molecule has 0 radical (unpaired) electrons. The summed E-state index contributed by atoms with van der Waals surface area (Å²) >= 11 is 0. The minimum atomic E-state index is -2.92. The number of hydrogen-bond acceptors (Lipinski definition) is 4. The number of aliphatic hydroxyl groups is 1. The molecule has 6 heteroatoms. The lowest BCUT2D eigenvalue weighted by molar-refractivity contribution is -0.123. The largest absolute Gasteiger partial charge is 0.388 e. The molecule has 1 rings (SSSR count). The van der Waals surface area contributed by atoms with E-state index >= 15 is 0 Å². The van der Waals surface area contributed by atoms with Crippen molar-refractivity contribution in [1.82, 2.24) is 5.32 Å². The molecule has 0 saturated carbocycles. The zero-order valence-corrected chi connectivity index (χ0v) is 11.2. The second kappa shape index (κ2) is 5.35. The van der Waals surface area contributed by atoms with Crippen LogP contribution in [0.15, 0.2) is 0 Å². The van der Waals surface area contributed by atoms with Gasteiger partial charge in [-0.15, -0.1) is 0 Å². The van der Waals surface area contributed by atoms with Crippen LogP contribution < -0.4 is 5.32 Å². The van der Waals surface area contributed by atoms with Gasteiger partial charge >= 0.3 is 0 Å². The molecule has 2 atom stereocenters. The Morgan fingerprint density at radius 1 is 1.53 bits per heavy atom. The van der Waals surface area contributed by atoms with Crippen molar-refractivity contribution in [3.8, 4) is 0 Å². The molecule has 2 N–H and O–H groups in total. The third-order valence-corrected chi connectivity index (χ3v) is 5.07. The fraction of sp³-hybridized carbons (Fsp3) is 0.909. The highest BCUT2D eigenvalue weighted by atomic mass is 32.2. The number of carbonyl (C=O) groups is 1. The maximum atomic E-state index is 11.6. The highest BCUT2D eigenvalue weighted by Crippen LogP contribution is 2.21. The SMILES string of the molecule is CCC(C)(O)CNC(=O)CC1CCS(=O)(=O)C1. The lowest BCUT2D eigenvalue weighted by atomic mass is 10.0. The number of hydrogen-bond donors (Lipinski definition) is 2. The van der Waals surface area contributed by atoms with Crippen LogP contribution >= 0.6 is 0 Å². The van der Waals surface area contributed by atoms with E-state index < -0.39 is 15.4 Å². The van der Waals surface area contributed by atoms with Gasteiger partial charge in [-0.2, -0.15) is 0 Å². The van der Waals surface area contributed by atoms with E-state index in [4.69, 9.17) is 0 Å². The molecule has 0 aliphatic carbocycles. The lowest BCUT2D eigenvalue weighted by Gasteiger charge is -2.21. The Morgan fingerprint density at radius 2 is 2.18 bits per heavy atom. The number of nitrogens with one attached hydrogen (secondary N) is 1. The Hall–Kier alpha value is -0.620. The van der Waals surface area contributed by atoms with Gasteiger partial charge in [0, 0.05) is 13.0 Å². The highest BCUT2D eigenvalue weighted by Gasteiger charge is 2.29. The third kappa shape index (κ3) is 5.04. The second-order valence-electron chi connectivity index (χ2n) is 5.10. The molecule has 2 unspecified atom stereocenters. The Bertz CT molecular complexity index is 375. The van der Waals surface area contributed by atoms with Crippen molar-refractivity contribution >= 4 is 15.7 Å². The molecule has 1 aliphatic heterocycles. The molecule has 5 nitrogen and oxygen atoms in total. The van der Waals surface area contributed by atoms with Gasteiger partial charge < -0.3 is 10.4 Å². The van der Waals surface area contributed by atoms with Gasteiger partial charge in [0.2, 0.25) is 5.91 Å². The molecule has 1 fully saturated rings. The average Bonchev–Trinajstić information content (AvgIpc) is 2.55. The Labute approximate surface area is 103 Å². The quantitative estimate of drug-likeness (QED) is 0.736. The van der Waals surface area contributed by atoms with Crippen molar-refractivity contribution in [2.45, 2.75) is 38.7 Å². The summed E-state index contributed by atoms with van der Waals surface area (Å²) in [6.07, 6.45) is 1.37. The standard InChI is InChI=1S/C11H21NO4S/c1-3-11(2,14)8-12-10(13)6-9-4-5-17(15,16)7-9/h9,14H,3-8H2,1-2H3,(H,12,13). The molecule has 1 aliphatic rings. The van der Waals surface area contributed by atoms with Gasteiger partial charge in [0.1, 0.15) is 0 Å². The predicted octanol–water partition coefficient (Wildman–Crippen LogP) is 0.0884. The summed E-state index contributed by atoms with van der Waals surface area (Å²) in [4.78, 5) is 11.6. The Morgan fingerprint density at radius 3 is 2.65 bits per heavy atom. The van der Waals surface area contributed by atoms with Crippen LogP contribution in [-0.4, -0.2) is 43.1 Å². The van der Waals surface area contributed by atoms with Crippen molar-refractivity contribution in [2.24, 2.45) is 5.92 Å². The smallest absolute Gasteiger partial charge is 0.220 e. The van der Waals surface area contributed by atoms with E-state index in [0.29, 0.717) is 12.8 Å². The van der Waals surface area contributed by atoms with Crippen molar-refractivity contribution in [1.29, 1.82) is 0 Å². The maximum absolute atomic E-state index is 11.6. The average molecular weight is 263 g/mol. The molecule has 100 valence electrons. The van der Waals surface area contributed by atoms with Crippen LogP contribution in [-0.2, 0) is 14.6 Å². The molecule has 0 bridgehead atoms. The molecular weight excluding hydrogens is 242 g/mol. The van der Waals surface area contributed by atoms with Crippen LogP contribution in [0.1, 0.15) is 33.1 Å². The van der Waals surface area contributed by atoms with Gasteiger partial charge in [0.25, 0.3) is 0 Å². The van der Waals surface area contributed by atoms with Gasteiger partial charge in [-0.05, 0) is 25.7 Å².